The molecular weight excluding hydrogens is 348 g/mol. The van der Waals surface area contributed by atoms with Crippen LogP contribution in [-0.2, 0) is 13.1 Å². The van der Waals surface area contributed by atoms with Gasteiger partial charge in [0.05, 0.1) is 12.2 Å². The molecule has 1 saturated heterocycles. The molecule has 1 aliphatic rings. The molecular formula is C23H32N4O. The first-order valence-corrected chi connectivity index (χ1v) is 10.3. The van der Waals surface area contributed by atoms with Gasteiger partial charge in [-0.25, -0.2) is 4.79 Å². The number of carbonyl (C=O) groups is 1. The molecule has 1 atom stereocenters. The Labute approximate surface area is 168 Å². The maximum atomic E-state index is 12.9. The average molecular weight is 381 g/mol. The van der Waals surface area contributed by atoms with Gasteiger partial charge in [0, 0.05) is 25.8 Å². The summed E-state index contributed by atoms with van der Waals surface area (Å²) >= 11 is 0. The van der Waals surface area contributed by atoms with E-state index in [4.69, 9.17) is 0 Å². The summed E-state index contributed by atoms with van der Waals surface area (Å²) in [6.45, 7) is 6.19. The van der Waals surface area contributed by atoms with E-state index in [-0.39, 0.29) is 6.03 Å². The van der Waals surface area contributed by atoms with E-state index in [1.54, 1.807) is 6.20 Å². The van der Waals surface area contributed by atoms with Crippen molar-refractivity contribution in [3.05, 3.63) is 65.5 Å². The van der Waals surface area contributed by atoms with Crippen LogP contribution in [-0.4, -0.2) is 47.5 Å². The van der Waals surface area contributed by atoms with Crippen LogP contribution in [0.5, 0.6) is 0 Å². The van der Waals surface area contributed by atoms with Gasteiger partial charge in [0.25, 0.3) is 0 Å². The lowest BCUT2D eigenvalue weighted by atomic mass is 9.95. The lowest BCUT2D eigenvalue weighted by Crippen LogP contribution is -2.41. The summed E-state index contributed by atoms with van der Waals surface area (Å²) in [4.78, 5) is 21.7. The maximum absolute atomic E-state index is 12.9. The number of nitrogens with one attached hydrogen (secondary N) is 1. The summed E-state index contributed by atoms with van der Waals surface area (Å²) in [6, 6.07) is 14.1. The quantitative estimate of drug-likeness (QED) is 0.794. The summed E-state index contributed by atoms with van der Waals surface area (Å²) in [5.41, 5.74) is 3.18. The molecule has 2 aromatic rings. The predicted octanol–water partition coefficient (Wildman–Crippen LogP) is 3.83. The lowest BCUT2D eigenvalue weighted by Gasteiger charge is -2.30. The molecule has 0 bridgehead atoms. The normalized spacial score (nSPS) is 17.3. The van der Waals surface area contributed by atoms with Crippen molar-refractivity contribution in [2.45, 2.75) is 39.3 Å². The van der Waals surface area contributed by atoms with Gasteiger partial charge >= 0.3 is 6.03 Å². The molecule has 0 spiro atoms. The second kappa shape index (κ2) is 10.2. The molecule has 0 radical (unpaired) electrons. The SMILES string of the molecule is Cc1cccnc1CN(Cc1ccccc1)C(=O)NCC[C@H]1CCCN(C)C1. The highest BCUT2D eigenvalue weighted by atomic mass is 16.2. The Morgan fingerprint density at radius 3 is 2.79 bits per heavy atom. The minimum Gasteiger partial charge on any atom is -0.338 e. The van der Waals surface area contributed by atoms with Crippen molar-refractivity contribution in [3.8, 4) is 0 Å². The van der Waals surface area contributed by atoms with Crippen LogP contribution in [0.25, 0.3) is 0 Å². The third kappa shape index (κ3) is 6.06. The Hall–Kier alpha value is -2.40. The van der Waals surface area contributed by atoms with Crippen LogP contribution in [0.15, 0.2) is 48.7 Å². The van der Waals surface area contributed by atoms with Crippen LogP contribution in [0.4, 0.5) is 4.79 Å². The summed E-state index contributed by atoms with van der Waals surface area (Å²) in [6.07, 6.45) is 5.35. The number of pyridine rings is 1. The fourth-order valence-corrected chi connectivity index (χ4v) is 3.87. The first-order chi connectivity index (χ1) is 13.6. The van der Waals surface area contributed by atoms with Crippen molar-refractivity contribution < 1.29 is 4.79 Å². The summed E-state index contributed by atoms with van der Waals surface area (Å²) in [5.74, 6) is 0.680. The molecule has 0 aliphatic carbocycles. The van der Waals surface area contributed by atoms with Gasteiger partial charge in [-0.1, -0.05) is 36.4 Å². The zero-order chi connectivity index (χ0) is 19.8. The second-order valence-electron chi connectivity index (χ2n) is 7.90. The van der Waals surface area contributed by atoms with Gasteiger partial charge in [0.2, 0.25) is 0 Å². The maximum Gasteiger partial charge on any atom is 0.318 e. The van der Waals surface area contributed by atoms with Gasteiger partial charge in [0.15, 0.2) is 0 Å². The molecule has 1 N–H and O–H groups in total. The number of aryl methyl sites for hydroxylation is 1. The second-order valence-corrected chi connectivity index (χ2v) is 7.90. The number of carbonyl (C=O) groups excluding carboxylic acids is 1. The number of hydrogen-bond acceptors (Lipinski definition) is 3. The van der Waals surface area contributed by atoms with Crippen LogP contribution in [0, 0.1) is 12.8 Å². The van der Waals surface area contributed by atoms with E-state index in [1.165, 1.54) is 19.4 Å². The Balaban J connectivity index is 1.60. The van der Waals surface area contributed by atoms with Crippen molar-refractivity contribution in [1.29, 1.82) is 0 Å². The molecule has 0 saturated carbocycles. The van der Waals surface area contributed by atoms with E-state index in [0.717, 1.165) is 36.3 Å². The number of aromatic nitrogens is 1. The molecule has 1 fully saturated rings. The third-order valence-corrected chi connectivity index (χ3v) is 5.51. The van der Waals surface area contributed by atoms with E-state index < -0.39 is 0 Å². The standard InChI is InChI=1S/C23H32N4O/c1-19-8-6-13-24-22(19)18-27(17-20-9-4-3-5-10-20)23(28)25-14-12-21-11-7-15-26(2)16-21/h3-6,8-10,13,21H,7,11-12,14-18H2,1-2H3,(H,25,28)/t21-/m1/s1. The van der Waals surface area contributed by atoms with Gasteiger partial charge in [-0.3, -0.25) is 4.98 Å². The molecule has 28 heavy (non-hydrogen) atoms. The Morgan fingerprint density at radius 1 is 1.21 bits per heavy atom. The molecule has 5 heteroatoms. The first-order valence-electron chi connectivity index (χ1n) is 10.3. The molecule has 2 amide bonds. The monoisotopic (exact) mass is 380 g/mol. The van der Waals surface area contributed by atoms with Crippen LogP contribution < -0.4 is 5.32 Å². The number of hydrogen-bond donors (Lipinski definition) is 1. The van der Waals surface area contributed by atoms with Gasteiger partial charge < -0.3 is 15.1 Å². The van der Waals surface area contributed by atoms with Crippen molar-refractivity contribution in [2.75, 3.05) is 26.7 Å². The molecule has 1 aliphatic heterocycles. The molecule has 0 unspecified atom stereocenters. The molecule has 1 aromatic heterocycles. The Kier molecular flexibility index (Phi) is 7.43. The highest BCUT2D eigenvalue weighted by Gasteiger charge is 2.19. The van der Waals surface area contributed by atoms with Crippen LogP contribution in [0.3, 0.4) is 0 Å². The van der Waals surface area contributed by atoms with Crippen molar-refractivity contribution >= 4 is 6.03 Å². The van der Waals surface area contributed by atoms with Crippen LogP contribution in [0.2, 0.25) is 0 Å². The highest BCUT2D eigenvalue weighted by molar-refractivity contribution is 5.74. The minimum atomic E-state index is -0.0157. The predicted molar refractivity (Wildman–Crippen MR) is 113 cm³/mol. The molecule has 5 nitrogen and oxygen atoms in total. The number of piperidine rings is 1. The summed E-state index contributed by atoms with van der Waals surface area (Å²) in [5, 5.41) is 3.15. The summed E-state index contributed by atoms with van der Waals surface area (Å²) < 4.78 is 0. The van der Waals surface area contributed by atoms with Crippen LogP contribution >= 0.6 is 0 Å². The Bertz CT molecular complexity index is 749. The first kappa shape index (κ1) is 20.3. The van der Waals surface area contributed by atoms with E-state index >= 15 is 0 Å². The zero-order valence-corrected chi connectivity index (χ0v) is 17.1. The number of amides is 2. The number of rotatable bonds is 7. The van der Waals surface area contributed by atoms with Gasteiger partial charge in [-0.05, 0) is 62.9 Å². The third-order valence-electron chi connectivity index (χ3n) is 5.51. The average Bonchev–Trinajstić information content (AvgIpc) is 2.70. The molecule has 1 aromatic carbocycles. The van der Waals surface area contributed by atoms with Gasteiger partial charge in [-0.15, -0.1) is 0 Å². The van der Waals surface area contributed by atoms with E-state index in [1.807, 2.05) is 42.2 Å². The van der Waals surface area contributed by atoms with E-state index in [0.29, 0.717) is 19.0 Å². The molecule has 150 valence electrons. The summed E-state index contributed by atoms with van der Waals surface area (Å²) in [7, 11) is 2.18. The number of likely N-dealkylation sites (tertiary alicyclic amines) is 1. The topological polar surface area (TPSA) is 48.5 Å². The fraction of sp³-hybridized carbons (Fsp3) is 0.478. The van der Waals surface area contributed by atoms with Crippen LogP contribution in [0.1, 0.15) is 36.1 Å². The number of urea groups is 1. The Morgan fingerprint density at radius 2 is 2.04 bits per heavy atom. The highest BCUT2D eigenvalue weighted by Crippen LogP contribution is 2.18. The van der Waals surface area contributed by atoms with Gasteiger partial charge in [-0.2, -0.15) is 0 Å². The lowest BCUT2D eigenvalue weighted by molar-refractivity contribution is 0.184. The van der Waals surface area contributed by atoms with Crippen molar-refractivity contribution in [1.82, 2.24) is 20.1 Å². The largest absolute Gasteiger partial charge is 0.338 e. The van der Waals surface area contributed by atoms with Crippen molar-refractivity contribution in [2.24, 2.45) is 5.92 Å². The smallest absolute Gasteiger partial charge is 0.318 e. The van der Waals surface area contributed by atoms with Gasteiger partial charge in [0.1, 0.15) is 0 Å². The minimum absolute atomic E-state index is 0.0157. The zero-order valence-electron chi connectivity index (χ0n) is 17.1. The number of benzene rings is 1. The van der Waals surface area contributed by atoms with E-state index in [2.05, 4.69) is 34.4 Å². The molecule has 2 heterocycles. The van der Waals surface area contributed by atoms with E-state index in [9.17, 15) is 4.79 Å². The van der Waals surface area contributed by atoms with Crippen molar-refractivity contribution in [3.63, 3.8) is 0 Å². The fourth-order valence-electron chi connectivity index (χ4n) is 3.87. The number of nitrogens with zero attached hydrogens (tertiary/aromatic N) is 3. The molecule has 3 rings (SSSR count).